The van der Waals surface area contributed by atoms with Gasteiger partial charge in [0.15, 0.2) is 4.90 Å². The first kappa shape index (κ1) is 14.1. The van der Waals surface area contributed by atoms with Gasteiger partial charge >= 0.3 is 0 Å². The van der Waals surface area contributed by atoms with Crippen LogP contribution in [0.15, 0.2) is 21.8 Å². The Morgan fingerprint density at radius 1 is 1.40 bits per heavy atom. The van der Waals surface area contributed by atoms with Crippen molar-refractivity contribution in [1.82, 2.24) is 10.2 Å². The van der Waals surface area contributed by atoms with E-state index in [9.17, 15) is 18.5 Å². The topological polar surface area (TPSA) is 142 Å². The monoisotopic (exact) mass is 298 g/mol. The van der Waals surface area contributed by atoms with Gasteiger partial charge in [0.05, 0.1) is 10.5 Å². The van der Waals surface area contributed by atoms with E-state index in [4.69, 9.17) is 9.56 Å². The SMILES string of the molecule is Cc1cc(S(N)(=O)=O)c([N+](=O)[O-])c(C)c1-c1nnco1. The highest BCUT2D eigenvalue weighted by Gasteiger charge is 2.30. The minimum atomic E-state index is -4.22. The Morgan fingerprint density at radius 2 is 2.05 bits per heavy atom. The summed E-state index contributed by atoms with van der Waals surface area (Å²) in [5, 5.41) is 23.3. The van der Waals surface area contributed by atoms with Gasteiger partial charge in [-0.15, -0.1) is 10.2 Å². The van der Waals surface area contributed by atoms with Crippen molar-refractivity contribution >= 4 is 15.7 Å². The minimum Gasteiger partial charge on any atom is -0.423 e. The number of nitrogens with two attached hydrogens (primary N) is 1. The van der Waals surface area contributed by atoms with Crippen molar-refractivity contribution in [2.45, 2.75) is 18.7 Å². The zero-order valence-electron chi connectivity index (χ0n) is 10.5. The number of aromatic nitrogens is 2. The van der Waals surface area contributed by atoms with Crippen LogP contribution in [-0.2, 0) is 10.0 Å². The van der Waals surface area contributed by atoms with Crippen LogP contribution in [0.5, 0.6) is 0 Å². The molecule has 0 fully saturated rings. The van der Waals surface area contributed by atoms with Gasteiger partial charge in [-0.3, -0.25) is 10.1 Å². The molecular weight excluding hydrogens is 288 g/mol. The predicted molar refractivity (Wildman–Crippen MR) is 67.2 cm³/mol. The smallest absolute Gasteiger partial charge is 0.293 e. The number of hydrogen-bond donors (Lipinski definition) is 1. The summed E-state index contributed by atoms with van der Waals surface area (Å²) in [5.41, 5.74) is 0.262. The lowest BCUT2D eigenvalue weighted by molar-refractivity contribution is -0.388. The molecule has 0 saturated carbocycles. The van der Waals surface area contributed by atoms with Crippen LogP contribution in [0.25, 0.3) is 11.5 Å². The van der Waals surface area contributed by atoms with Crippen LogP contribution in [0.3, 0.4) is 0 Å². The Bertz CT molecular complexity index is 782. The average molecular weight is 298 g/mol. The summed E-state index contributed by atoms with van der Waals surface area (Å²) in [6.07, 6.45) is 1.08. The van der Waals surface area contributed by atoms with Crippen molar-refractivity contribution in [3.05, 3.63) is 33.7 Å². The molecule has 2 aromatic rings. The van der Waals surface area contributed by atoms with Crippen molar-refractivity contribution in [3.8, 4) is 11.5 Å². The molecule has 10 heteroatoms. The zero-order valence-corrected chi connectivity index (χ0v) is 11.3. The fraction of sp³-hybridized carbons (Fsp3) is 0.200. The molecule has 0 atom stereocenters. The first-order valence-corrected chi connectivity index (χ1v) is 6.86. The molecule has 106 valence electrons. The Kier molecular flexibility index (Phi) is 3.28. The molecule has 0 amide bonds. The first-order chi connectivity index (χ1) is 9.23. The summed E-state index contributed by atoms with van der Waals surface area (Å²) in [6, 6.07) is 1.12. The number of nitro benzene ring substituents is 1. The van der Waals surface area contributed by atoms with E-state index in [1.54, 1.807) is 6.92 Å². The van der Waals surface area contributed by atoms with E-state index < -0.39 is 25.5 Å². The van der Waals surface area contributed by atoms with Gasteiger partial charge in [0.2, 0.25) is 22.3 Å². The number of rotatable bonds is 3. The maximum absolute atomic E-state index is 11.5. The highest BCUT2D eigenvalue weighted by Crippen LogP contribution is 2.36. The maximum Gasteiger partial charge on any atom is 0.293 e. The molecule has 0 bridgehead atoms. The second kappa shape index (κ2) is 4.65. The molecule has 2 N–H and O–H groups in total. The molecule has 1 aromatic carbocycles. The maximum atomic E-state index is 11.5. The van der Waals surface area contributed by atoms with Gasteiger partial charge in [-0.25, -0.2) is 13.6 Å². The van der Waals surface area contributed by atoms with E-state index in [0.717, 1.165) is 12.5 Å². The zero-order chi connectivity index (χ0) is 15.1. The molecular formula is C10H10N4O5S. The van der Waals surface area contributed by atoms with Crippen molar-refractivity contribution in [1.29, 1.82) is 0 Å². The van der Waals surface area contributed by atoms with E-state index in [1.807, 2.05) is 0 Å². The van der Waals surface area contributed by atoms with Gasteiger partial charge < -0.3 is 4.42 Å². The lowest BCUT2D eigenvalue weighted by atomic mass is 10.0. The van der Waals surface area contributed by atoms with Gasteiger partial charge in [-0.1, -0.05) is 0 Å². The summed E-state index contributed by atoms with van der Waals surface area (Å²) in [6.45, 7) is 2.98. The summed E-state index contributed by atoms with van der Waals surface area (Å²) < 4.78 is 28.0. The summed E-state index contributed by atoms with van der Waals surface area (Å²) in [5.74, 6) is 0.0732. The fourth-order valence-corrected chi connectivity index (χ4v) is 2.83. The molecule has 0 spiro atoms. The molecule has 20 heavy (non-hydrogen) atoms. The molecule has 0 aliphatic heterocycles. The first-order valence-electron chi connectivity index (χ1n) is 5.31. The molecule has 1 aromatic heterocycles. The molecule has 1 heterocycles. The average Bonchev–Trinajstić information content (AvgIpc) is 2.79. The van der Waals surface area contributed by atoms with E-state index in [1.165, 1.54) is 6.92 Å². The number of primary sulfonamides is 1. The Hall–Kier alpha value is -2.33. The largest absolute Gasteiger partial charge is 0.423 e. The van der Waals surface area contributed by atoms with Crippen LogP contribution in [0.2, 0.25) is 0 Å². The van der Waals surface area contributed by atoms with Crippen LogP contribution >= 0.6 is 0 Å². The lowest BCUT2D eigenvalue weighted by Crippen LogP contribution is -2.15. The molecule has 0 saturated heterocycles. The van der Waals surface area contributed by atoms with E-state index in [-0.39, 0.29) is 11.5 Å². The van der Waals surface area contributed by atoms with E-state index in [2.05, 4.69) is 10.2 Å². The molecule has 9 nitrogen and oxygen atoms in total. The number of benzene rings is 1. The van der Waals surface area contributed by atoms with Crippen molar-refractivity contribution < 1.29 is 17.8 Å². The van der Waals surface area contributed by atoms with Gasteiger partial charge in [0.25, 0.3) is 5.69 Å². The van der Waals surface area contributed by atoms with Crippen LogP contribution < -0.4 is 5.14 Å². The normalized spacial score (nSPS) is 11.6. The third-order valence-corrected chi connectivity index (χ3v) is 3.69. The van der Waals surface area contributed by atoms with E-state index in [0.29, 0.717) is 11.1 Å². The van der Waals surface area contributed by atoms with Gasteiger partial charge in [-0.2, -0.15) is 0 Å². The van der Waals surface area contributed by atoms with Gasteiger partial charge in [0, 0.05) is 5.56 Å². The van der Waals surface area contributed by atoms with Crippen LogP contribution in [0, 0.1) is 24.0 Å². The Morgan fingerprint density at radius 3 is 2.50 bits per heavy atom. The van der Waals surface area contributed by atoms with Crippen LogP contribution in [-0.4, -0.2) is 23.5 Å². The van der Waals surface area contributed by atoms with Crippen LogP contribution in [0.4, 0.5) is 5.69 Å². The molecule has 0 aliphatic carbocycles. The highest BCUT2D eigenvalue weighted by molar-refractivity contribution is 7.89. The second-order valence-corrected chi connectivity index (χ2v) is 5.62. The quantitative estimate of drug-likeness (QED) is 0.655. The Balaban J connectivity index is 2.90. The fourth-order valence-electron chi connectivity index (χ4n) is 1.99. The number of nitrogens with zero attached hydrogens (tertiary/aromatic N) is 3. The van der Waals surface area contributed by atoms with Crippen molar-refractivity contribution in [3.63, 3.8) is 0 Å². The number of sulfonamides is 1. The van der Waals surface area contributed by atoms with Crippen molar-refractivity contribution in [2.24, 2.45) is 5.14 Å². The second-order valence-electron chi connectivity index (χ2n) is 4.09. The molecule has 0 unspecified atom stereocenters. The highest BCUT2D eigenvalue weighted by atomic mass is 32.2. The van der Waals surface area contributed by atoms with Gasteiger partial charge in [0.1, 0.15) is 0 Å². The predicted octanol–water partition coefficient (Wildman–Crippen LogP) is 0.909. The minimum absolute atomic E-state index is 0.0732. The molecule has 0 aliphatic rings. The number of hydrogen-bond acceptors (Lipinski definition) is 7. The third kappa shape index (κ3) is 2.26. The number of nitro groups is 1. The number of aryl methyl sites for hydroxylation is 1. The molecule has 2 rings (SSSR count). The standard InChI is InChI=1S/C10H10N4O5S/c1-5-3-7(20(11,17)18)9(14(15)16)6(2)8(5)10-13-12-4-19-10/h3-4H,1-2H3,(H2,11,17,18). The van der Waals surface area contributed by atoms with E-state index >= 15 is 0 Å². The summed E-state index contributed by atoms with van der Waals surface area (Å²) in [4.78, 5) is 9.80. The summed E-state index contributed by atoms with van der Waals surface area (Å²) in [7, 11) is -4.22. The van der Waals surface area contributed by atoms with Crippen molar-refractivity contribution in [2.75, 3.05) is 0 Å². The van der Waals surface area contributed by atoms with Gasteiger partial charge in [-0.05, 0) is 25.5 Å². The Labute approximate surface area is 113 Å². The molecule has 0 radical (unpaired) electrons. The third-order valence-electron chi connectivity index (χ3n) is 2.77. The van der Waals surface area contributed by atoms with Crippen LogP contribution in [0.1, 0.15) is 11.1 Å². The lowest BCUT2D eigenvalue weighted by Gasteiger charge is -2.10. The summed E-state index contributed by atoms with van der Waals surface area (Å²) >= 11 is 0.